The van der Waals surface area contributed by atoms with Crippen molar-refractivity contribution < 1.29 is 4.39 Å². The van der Waals surface area contributed by atoms with Crippen LogP contribution in [-0.2, 0) is 0 Å². The van der Waals surface area contributed by atoms with Crippen LogP contribution in [0.15, 0.2) is 22.7 Å². The van der Waals surface area contributed by atoms with Crippen molar-refractivity contribution in [3.63, 3.8) is 0 Å². The number of nitrogens with zero attached hydrogens (tertiary/aromatic N) is 1. The third-order valence-electron chi connectivity index (χ3n) is 3.78. The Kier molecular flexibility index (Phi) is 4.76. The number of benzene rings is 1. The van der Waals surface area contributed by atoms with E-state index in [9.17, 15) is 4.39 Å². The molecule has 1 heterocycles. The molecule has 0 spiro atoms. The van der Waals surface area contributed by atoms with Crippen LogP contribution in [0.2, 0.25) is 0 Å². The van der Waals surface area contributed by atoms with Gasteiger partial charge in [-0.2, -0.15) is 0 Å². The molecule has 1 aromatic carbocycles. The number of likely N-dealkylation sites (N-methyl/N-ethyl adjacent to an activating group) is 1. The molecule has 0 aromatic heterocycles. The van der Waals surface area contributed by atoms with Gasteiger partial charge in [0.2, 0.25) is 0 Å². The lowest BCUT2D eigenvalue weighted by Gasteiger charge is -2.33. The van der Waals surface area contributed by atoms with Crippen molar-refractivity contribution in [2.45, 2.75) is 32.4 Å². The van der Waals surface area contributed by atoms with Gasteiger partial charge in [-0.1, -0.05) is 28.9 Å². The highest BCUT2D eigenvalue weighted by atomic mass is 79.9. The summed E-state index contributed by atoms with van der Waals surface area (Å²) in [4.78, 5) is 2.38. The molecule has 2 nitrogen and oxygen atoms in total. The van der Waals surface area contributed by atoms with Crippen molar-refractivity contribution in [3.05, 3.63) is 34.1 Å². The molecule has 1 aromatic rings. The Morgan fingerprint density at radius 3 is 2.89 bits per heavy atom. The Bertz CT molecular complexity index is 405. The minimum atomic E-state index is -0.124. The Morgan fingerprint density at radius 2 is 2.33 bits per heavy atom. The van der Waals surface area contributed by atoms with Crippen LogP contribution in [0.5, 0.6) is 0 Å². The Morgan fingerprint density at radius 1 is 1.56 bits per heavy atom. The fraction of sp³-hybridized carbons (Fsp3) is 0.571. The summed E-state index contributed by atoms with van der Waals surface area (Å²) in [5.74, 6) is -0.124. The van der Waals surface area contributed by atoms with Gasteiger partial charge in [0.05, 0.1) is 0 Å². The van der Waals surface area contributed by atoms with Crippen LogP contribution >= 0.6 is 15.9 Å². The average Bonchev–Trinajstić information content (AvgIpc) is 2.83. The smallest absolute Gasteiger partial charge is 0.129 e. The van der Waals surface area contributed by atoms with Gasteiger partial charge in [-0.05, 0) is 38.6 Å². The summed E-state index contributed by atoms with van der Waals surface area (Å²) in [7, 11) is 0. The van der Waals surface area contributed by atoms with Crippen LogP contribution in [-0.4, -0.2) is 30.6 Å². The molecule has 0 amide bonds. The summed E-state index contributed by atoms with van der Waals surface area (Å²) in [6.07, 6.45) is 1.15. The fourth-order valence-electron chi connectivity index (χ4n) is 2.79. The van der Waals surface area contributed by atoms with E-state index in [4.69, 9.17) is 0 Å². The molecular formula is C14H20BrFN2. The second kappa shape index (κ2) is 6.13. The van der Waals surface area contributed by atoms with E-state index in [1.807, 2.05) is 12.1 Å². The first kappa shape index (κ1) is 14.0. The molecule has 2 atom stereocenters. The molecule has 2 rings (SSSR count). The van der Waals surface area contributed by atoms with E-state index in [2.05, 4.69) is 40.0 Å². The van der Waals surface area contributed by atoms with E-state index >= 15 is 0 Å². The fourth-order valence-corrected chi connectivity index (χ4v) is 3.12. The number of rotatable bonds is 4. The second-order valence-corrected chi connectivity index (χ2v) is 5.73. The van der Waals surface area contributed by atoms with Crippen molar-refractivity contribution in [1.82, 2.24) is 10.2 Å². The molecule has 1 N–H and O–H groups in total. The van der Waals surface area contributed by atoms with Gasteiger partial charge >= 0.3 is 0 Å². The van der Waals surface area contributed by atoms with Crippen LogP contribution in [0.3, 0.4) is 0 Å². The minimum Gasteiger partial charge on any atom is -0.315 e. The minimum absolute atomic E-state index is 0.119. The molecule has 18 heavy (non-hydrogen) atoms. The quantitative estimate of drug-likeness (QED) is 0.917. The zero-order chi connectivity index (χ0) is 13.1. The maximum atomic E-state index is 14.0. The monoisotopic (exact) mass is 314 g/mol. The van der Waals surface area contributed by atoms with Crippen LogP contribution in [0.25, 0.3) is 0 Å². The van der Waals surface area contributed by atoms with Crippen LogP contribution in [0.1, 0.15) is 31.9 Å². The Hall–Kier alpha value is -0.450. The third kappa shape index (κ3) is 2.92. The first-order valence-electron chi connectivity index (χ1n) is 6.55. The van der Waals surface area contributed by atoms with Crippen molar-refractivity contribution in [2.24, 2.45) is 0 Å². The Balaban J connectivity index is 2.19. The first-order chi connectivity index (χ1) is 8.63. The van der Waals surface area contributed by atoms with Gasteiger partial charge < -0.3 is 5.32 Å². The van der Waals surface area contributed by atoms with Crippen molar-refractivity contribution in [3.8, 4) is 0 Å². The first-order valence-corrected chi connectivity index (χ1v) is 7.34. The highest BCUT2D eigenvalue weighted by molar-refractivity contribution is 9.10. The van der Waals surface area contributed by atoms with Gasteiger partial charge in [-0.25, -0.2) is 4.39 Å². The molecule has 1 aliphatic rings. The molecular weight excluding hydrogens is 295 g/mol. The molecule has 2 unspecified atom stereocenters. The highest BCUT2D eigenvalue weighted by Crippen LogP contribution is 2.28. The maximum absolute atomic E-state index is 14.0. The van der Waals surface area contributed by atoms with Gasteiger partial charge in [0.1, 0.15) is 5.82 Å². The normalized spacial score (nSPS) is 21.5. The van der Waals surface area contributed by atoms with E-state index in [-0.39, 0.29) is 11.9 Å². The standard InChI is InChI=1S/C14H20BrFN2/c1-3-18(12-6-7-17-9-12)10(2)13-5-4-11(15)8-14(13)16/h4-5,8,10,12,17H,3,6-7,9H2,1-2H3. The molecule has 1 saturated heterocycles. The molecule has 1 fully saturated rings. The van der Waals surface area contributed by atoms with E-state index in [0.29, 0.717) is 6.04 Å². The van der Waals surface area contributed by atoms with Gasteiger partial charge in [0, 0.05) is 28.7 Å². The summed E-state index contributed by atoms with van der Waals surface area (Å²) < 4.78 is 14.8. The summed E-state index contributed by atoms with van der Waals surface area (Å²) in [5.41, 5.74) is 0.784. The lowest BCUT2D eigenvalue weighted by molar-refractivity contribution is 0.160. The number of hydrogen-bond donors (Lipinski definition) is 1. The number of halogens is 2. The lowest BCUT2D eigenvalue weighted by Crippen LogP contribution is -2.38. The maximum Gasteiger partial charge on any atom is 0.129 e. The molecule has 4 heteroatoms. The predicted molar refractivity (Wildman–Crippen MR) is 76.2 cm³/mol. The van der Waals surface area contributed by atoms with Gasteiger partial charge in [0.15, 0.2) is 0 Å². The van der Waals surface area contributed by atoms with Crippen molar-refractivity contribution in [2.75, 3.05) is 19.6 Å². The number of nitrogens with one attached hydrogen (secondary N) is 1. The molecule has 0 aliphatic carbocycles. The van der Waals surface area contributed by atoms with Crippen molar-refractivity contribution in [1.29, 1.82) is 0 Å². The van der Waals surface area contributed by atoms with Crippen molar-refractivity contribution >= 4 is 15.9 Å². The zero-order valence-corrected chi connectivity index (χ0v) is 12.5. The molecule has 1 aliphatic heterocycles. The lowest BCUT2D eigenvalue weighted by atomic mass is 10.0. The summed E-state index contributed by atoms with van der Waals surface area (Å²) in [6, 6.07) is 5.98. The summed E-state index contributed by atoms with van der Waals surface area (Å²) >= 11 is 3.30. The number of hydrogen-bond acceptors (Lipinski definition) is 2. The van der Waals surface area contributed by atoms with Gasteiger partial charge in [-0.3, -0.25) is 4.90 Å². The van der Waals surface area contributed by atoms with E-state index in [0.717, 1.165) is 36.1 Å². The van der Waals surface area contributed by atoms with E-state index < -0.39 is 0 Å². The van der Waals surface area contributed by atoms with E-state index in [1.165, 1.54) is 0 Å². The van der Waals surface area contributed by atoms with Crippen LogP contribution in [0, 0.1) is 5.82 Å². The molecule has 0 bridgehead atoms. The molecule has 0 radical (unpaired) electrons. The zero-order valence-electron chi connectivity index (χ0n) is 10.9. The van der Waals surface area contributed by atoms with Crippen LogP contribution in [0.4, 0.5) is 4.39 Å². The average molecular weight is 315 g/mol. The topological polar surface area (TPSA) is 15.3 Å². The van der Waals surface area contributed by atoms with E-state index in [1.54, 1.807) is 6.07 Å². The second-order valence-electron chi connectivity index (χ2n) is 4.82. The predicted octanol–water partition coefficient (Wildman–Crippen LogP) is 3.33. The molecule has 0 saturated carbocycles. The van der Waals surface area contributed by atoms with Crippen LogP contribution < -0.4 is 5.32 Å². The SMILES string of the molecule is CCN(C1CCNC1)C(C)c1ccc(Br)cc1F. The van der Waals surface area contributed by atoms with Gasteiger partial charge in [-0.15, -0.1) is 0 Å². The highest BCUT2D eigenvalue weighted by Gasteiger charge is 2.27. The largest absolute Gasteiger partial charge is 0.315 e. The summed E-state index contributed by atoms with van der Waals surface area (Å²) in [5, 5.41) is 3.37. The van der Waals surface area contributed by atoms with Gasteiger partial charge in [0.25, 0.3) is 0 Å². The third-order valence-corrected chi connectivity index (χ3v) is 4.27. The molecule has 100 valence electrons. The Labute approximate surface area is 117 Å². The summed E-state index contributed by atoms with van der Waals surface area (Å²) in [6.45, 7) is 7.26.